The molecule has 1 unspecified atom stereocenters. The van der Waals surface area contributed by atoms with Gasteiger partial charge in [0.25, 0.3) is 5.69 Å². The minimum atomic E-state index is -0.389. The molecule has 0 aliphatic heterocycles. The predicted molar refractivity (Wildman–Crippen MR) is 104 cm³/mol. The highest BCUT2D eigenvalue weighted by atomic mass is 16.6. The van der Waals surface area contributed by atoms with Crippen molar-refractivity contribution in [2.75, 3.05) is 0 Å². The lowest BCUT2D eigenvalue weighted by Crippen LogP contribution is -2.13. The number of aryl methyl sites for hydroxylation is 1. The minimum absolute atomic E-state index is 0.0390. The molecule has 1 aromatic carbocycles. The fourth-order valence-electron chi connectivity index (χ4n) is 3.96. The predicted octanol–water partition coefficient (Wildman–Crippen LogP) is 4.48. The highest BCUT2D eigenvalue weighted by Crippen LogP contribution is 2.41. The molecular weight excluding hydrogens is 354 g/mol. The summed E-state index contributed by atoms with van der Waals surface area (Å²) in [5.74, 6) is 0.108. The number of fused-ring (bicyclic) bond motifs is 1. The van der Waals surface area contributed by atoms with Crippen molar-refractivity contribution in [2.45, 2.75) is 38.5 Å². The molecule has 28 heavy (non-hydrogen) atoms. The number of aromatic nitrogens is 3. The molecule has 0 saturated carbocycles. The molecule has 1 aliphatic rings. The highest BCUT2D eigenvalue weighted by Gasteiger charge is 2.30. The molecule has 0 radical (unpaired) electrons. The Kier molecular flexibility index (Phi) is 4.62. The Labute approximate surface area is 162 Å². The monoisotopic (exact) mass is 373 g/mol. The second-order valence-corrected chi connectivity index (χ2v) is 7.04. The van der Waals surface area contributed by atoms with Crippen molar-refractivity contribution in [3.8, 4) is 23.0 Å². The molecule has 7 nitrogen and oxygen atoms in total. The number of benzene rings is 1. The van der Waals surface area contributed by atoms with E-state index in [9.17, 15) is 15.4 Å². The molecule has 2 heterocycles. The second-order valence-electron chi connectivity index (χ2n) is 7.04. The van der Waals surface area contributed by atoms with Gasteiger partial charge in [-0.05, 0) is 43.9 Å². The number of nitro groups is 1. The van der Waals surface area contributed by atoms with Gasteiger partial charge in [0.05, 0.1) is 22.4 Å². The van der Waals surface area contributed by atoms with Gasteiger partial charge in [-0.2, -0.15) is 10.4 Å². The van der Waals surface area contributed by atoms with E-state index in [1.54, 1.807) is 24.5 Å². The van der Waals surface area contributed by atoms with E-state index < -0.39 is 0 Å². The molecule has 0 N–H and O–H groups in total. The first-order valence-corrected chi connectivity index (χ1v) is 9.24. The zero-order chi connectivity index (χ0) is 19.7. The van der Waals surface area contributed by atoms with E-state index in [1.165, 1.54) is 6.07 Å². The van der Waals surface area contributed by atoms with E-state index in [1.807, 2.05) is 23.7 Å². The number of nitriles is 1. The number of pyridine rings is 1. The van der Waals surface area contributed by atoms with Crippen LogP contribution in [0.15, 0.2) is 42.7 Å². The summed E-state index contributed by atoms with van der Waals surface area (Å²) in [6.45, 7) is 1.92. The van der Waals surface area contributed by atoms with E-state index in [0.29, 0.717) is 12.1 Å². The number of nitro benzene ring substituents is 1. The first kappa shape index (κ1) is 17.9. The Bertz CT molecular complexity index is 1080. The summed E-state index contributed by atoms with van der Waals surface area (Å²) in [5, 5.41) is 25.5. The van der Waals surface area contributed by atoms with Gasteiger partial charge in [0.2, 0.25) is 0 Å². The smallest absolute Gasteiger partial charge is 0.264 e. The van der Waals surface area contributed by atoms with Crippen molar-refractivity contribution in [2.24, 2.45) is 0 Å². The Balaban J connectivity index is 1.97. The van der Waals surface area contributed by atoms with Crippen LogP contribution in [0.1, 0.15) is 42.0 Å². The van der Waals surface area contributed by atoms with Gasteiger partial charge in [-0.3, -0.25) is 15.1 Å². The zero-order valence-corrected chi connectivity index (χ0v) is 15.5. The van der Waals surface area contributed by atoms with E-state index in [4.69, 9.17) is 5.10 Å². The number of hydrogen-bond donors (Lipinski definition) is 0. The molecule has 0 amide bonds. The second kappa shape index (κ2) is 7.24. The Morgan fingerprint density at radius 3 is 2.96 bits per heavy atom. The molecule has 1 atom stereocenters. The molecule has 140 valence electrons. The van der Waals surface area contributed by atoms with Crippen LogP contribution in [0.25, 0.3) is 16.9 Å². The van der Waals surface area contributed by atoms with E-state index in [0.717, 1.165) is 47.3 Å². The third kappa shape index (κ3) is 3.03. The topological polar surface area (TPSA) is 97.6 Å². The summed E-state index contributed by atoms with van der Waals surface area (Å²) < 4.78 is 1.84. The zero-order valence-electron chi connectivity index (χ0n) is 15.5. The van der Waals surface area contributed by atoms with Gasteiger partial charge in [-0.1, -0.05) is 6.07 Å². The molecule has 0 bridgehead atoms. The average molecular weight is 373 g/mol. The van der Waals surface area contributed by atoms with Gasteiger partial charge in [0.15, 0.2) is 0 Å². The molecule has 7 heteroatoms. The van der Waals surface area contributed by atoms with Gasteiger partial charge < -0.3 is 0 Å². The van der Waals surface area contributed by atoms with Crippen LogP contribution in [-0.4, -0.2) is 19.7 Å². The maximum absolute atomic E-state index is 11.3. The molecule has 0 saturated heterocycles. The van der Waals surface area contributed by atoms with Crippen LogP contribution in [0.4, 0.5) is 5.69 Å². The fourth-order valence-corrected chi connectivity index (χ4v) is 3.96. The first-order valence-electron chi connectivity index (χ1n) is 9.24. The summed E-state index contributed by atoms with van der Waals surface area (Å²) in [7, 11) is 0. The molecule has 2 aromatic heterocycles. The standard InChI is InChI=1S/C21H19N5O2/c1-14-7-8-17(26(27)28)12-19(14)25-18-6-2-4-15(9-10-22)20(18)21(24-25)16-5-3-11-23-13-16/h3,5,7-8,11-13,15H,2,4,6,9H2,1H3. The van der Waals surface area contributed by atoms with Crippen molar-refractivity contribution in [3.63, 3.8) is 0 Å². The Morgan fingerprint density at radius 2 is 2.25 bits per heavy atom. The van der Waals surface area contributed by atoms with Crippen LogP contribution < -0.4 is 0 Å². The van der Waals surface area contributed by atoms with Crippen LogP contribution in [0.3, 0.4) is 0 Å². The summed E-state index contributed by atoms with van der Waals surface area (Å²) in [5.41, 5.74) is 5.48. The van der Waals surface area contributed by atoms with Gasteiger partial charge in [0, 0.05) is 53.7 Å². The van der Waals surface area contributed by atoms with E-state index in [2.05, 4.69) is 11.1 Å². The maximum atomic E-state index is 11.3. The van der Waals surface area contributed by atoms with Crippen molar-refractivity contribution >= 4 is 5.69 Å². The quantitative estimate of drug-likeness (QED) is 0.496. The molecule has 3 aromatic rings. The van der Waals surface area contributed by atoms with Crippen LogP contribution in [0.5, 0.6) is 0 Å². The summed E-state index contributed by atoms with van der Waals surface area (Å²) in [6, 6.07) is 11.0. The maximum Gasteiger partial charge on any atom is 0.271 e. The van der Waals surface area contributed by atoms with E-state index in [-0.39, 0.29) is 16.5 Å². The van der Waals surface area contributed by atoms with Crippen molar-refractivity contribution in [1.82, 2.24) is 14.8 Å². The molecular formula is C21H19N5O2. The lowest BCUT2D eigenvalue weighted by Gasteiger charge is -2.22. The SMILES string of the molecule is Cc1ccc([N+](=O)[O-])cc1-n1nc(-c2cccnc2)c2c1CCCC2CC#N. The average Bonchev–Trinajstić information content (AvgIpc) is 3.09. The number of hydrogen-bond acceptors (Lipinski definition) is 5. The fraction of sp³-hybridized carbons (Fsp3) is 0.286. The van der Waals surface area contributed by atoms with E-state index >= 15 is 0 Å². The van der Waals surface area contributed by atoms with Crippen molar-refractivity contribution < 1.29 is 4.92 Å². The summed E-state index contributed by atoms with van der Waals surface area (Å²) in [4.78, 5) is 15.1. The molecule has 0 spiro atoms. The van der Waals surface area contributed by atoms with Crippen LogP contribution >= 0.6 is 0 Å². The molecule has 0 fully saturated rings. The van der Waals surface area contributed by atoms with Crippen molar-refractivity contribution in [1.29, 1.82) is 5.26 Å². The van der Waals surface area contributed by atoms with Gasteiger partial charge in [-0.25, -0.2) is 4.68 Å². The molecule has 4 rings (SSSR count). The van der Waals surface area contributed by atoms with Crippen LogP contribution in [-0.2, 0) is 6.42 Å². The van der Waals surface area contributed by atoms with Crippen molar-refractivity contribution in [3.05, 3.63) is 69.7 Å². The van der Waals surface area contributed by atoms with Crippen LogP contribution in [0.2, 0.25) is 0 Å². The number of non-ortho nitro benzene ring substituents is 1. The van der Waals surface area contributed by atoms with Gasteiger partial charge in [-0.15, -0.1) is 0 Å². The summed E-state index contributed by atoms with van der Waals surface area (Å²) in [6.07, 6.45) is 6.64. The molecule has 1 aliphatic carbocycles. The highest BCUT2D eigenvalue weighted by molar-refractivity contribution is 5.66. The summed E-state index contributed by atoms with van der Waals surface area (Å²) >= 11 is 0. The largest absolute Gasteiger partial charge is 0.271 e. The Morgan fingerprint density at radius 1 is 1.39 bits per heavy atom. The Hall–Kier alpha value is -3.53. The number of nitrogens with zero attached hydrogens (tertiary/aromatic N) is 5. The first-order chi connectivity index (χ1) is 13.6. The minimum Gasteiger partial charge on any atom is -0.264 e. The van der Waals surface area contributed by atoms with Gasteiger partial charge in [0.1, 0.15) is 0 Å². The van der Waals surface area contributed by atoms with Gasteiger partial charge >= 0.3 is 0 Å². The normalized spacial score (nSPS) is 15.6. The lowest BCUT2D eigenvalue weighted by molar-refractivity contribution is -0.384. The third-order valence-corrected chi connectivity index (χ3v) is 5.30. The third-order valence-electron chi connectivity index (χ3n) is 5.30. The lowest BCUT2D eigenvalue weighted by atomic mass is 9.82. The van der Waals surface area contributed by atoms with Crippen LogP contribution in [0, 0.1) is 28.4 Å². The number of rotatable bonds is 4.